The molecule has 0 amide bonds. The molecule has 0 aliphatic heterocycles. The van der Waals surface area contributed by atoms with Crippen molar-refractivity contribution < 1.29 is 9.53 Å². The number of unbranched alkanes of at least 4 members (excludes halogenated alkanes) is 1. The minimum atomic E-state index is -0.625. The molecule has 2 aromatic heterocycles. The highest BCUT2D eigenvalue weighted by Gasteiger charge is 2.21. The lowest BCUT2D eigenvalue weighted by Crippen LogP contribution is -2.44. The summed E-state index contributed by atoms with van der Waals surface area (Å²) in [5.41, 5.74) is 0.735. The Bertz CT molecular complexity index is 1380. The lowest BCUT2D eigenvalue weighted by atomic mass is 10.1. The number of anilines is 1. The molecule has 4 rings (SSSR count). The van der Waals surface area contributed by atoms with Crippen LogP contribution in [-0.4, -0.2) is 38.2 Å². The molecule has 36 heavy (non-hydrogen) atoms. The van der Waals surface area contributed by atoms with Gasteiger partial charge in [-0.1, -0.05) is 36.7 Å². The van der Waals surface area contributed by atoms with Gasteiger partial charge in [-0.05, 0) is 43.0 Å². The maximum absolute atomic E-state index is 13.5. The Balaban J connectivity index is 1.61. The minimum absolute atomic E-state index is 0.138. The summed E-state index contributed by atoms with van der Waals surface area (Å²) in [4.78, 5) is 47.7. The number of benzene rings is 1. The molecule has 0 bridgehead atoms. The summed E-state index contributed by atoms with van der Waals surface area (Å²) in [6, 6.07) is 7.04. The first-order chi connectivity index (χ1) is 17.4. The number of methoxy groups -OCH3 is 1. The van der Waals surface area contributed by atoms with Crippen molar-refractivity contribution in [1.29, 1.82) is 0 Å². The fraction of sp³-hybridized carbons (Fsp3) is 0.400. The van der Waals surface area contributed by atoms with E-state index in [9.17, 15) is 14.4 Å². The van der Waals surface area contributed by atoms with Crippen LogP contribution < -0.4 is 16.7 Å². The topological polar surface area (TPSA) is 108 Å². The predicted octanol–water partition coefficient (Wildman–Crippen LogP) is 3.52. The zero-order chi connectivity index (χ0) is 25.7. The zero-order valence-electron chi connectivity index (χ0n) is 20.2. The van der Waals surface area contributed by atoms with Crippen LogP contribution in [-0.2, 0) is 35.5 Å². The highest BCUT2D eigenvalue weighted by molar-refractivity contribution is 7.11. The molecule has 1 aliphatic carbocycles. The maximum atomic E-state index is 13.5. The highest BCUT2D eigenvalue weighted by Crippen LogP contribution is 2.27. The van der Waals surface area contributed by atoms with E-state index in [1.165, 1.54) is 11.7 Å². The highest BCUT2D eigenvalue weighted by atomic mass is 35.5. The minimum Gasteiger partial charge on any atom is -0.469 e. The van der Waals surface area contributed by atoms with Crippen molar-refractivity contribution in [3.05, 3.63) is 77.5 Å². The molecule has 1 aliphatic rings. The third kappa shape index (κ3) is 6.11. The lowest BCUT2D eigenvalue weighted by molar-refractivity contribution is -0.140. The number of carbonyl (C=O) groups is 1. The molecular weight excluding hydrogens is 502 g/mol. The fourth-order valence-corrected chi connectivity index (χ4v) is 5.15. The van der Waals surface area contributed by atoms with Crippen LogP contribution in [0.3, 0.4) is 0 Å². The number of nitrogens with zero attached hydrogens (tertiary/aromatic N) is 4. The Morgan fingerprint density at radius 2 is 1.97 bits per heavy atom. The summed E-state index contributed by atoms with van der Waals surface area (Å²) >= 11 is 7.70. The molecule has 0 fully saturated rings. The van der Waals surface area contributed by atoms with Crippen molar-refractivity contribution in [1.82, 2.24) is 19.1 Å². The molecule has 9 nitrogen and oxygen atoms in total. The number of hydrogen-bond acceptors (Lipinski definition) is 8. The van der Waals surface area contributed by atoms with Gasteiger partial charge in [0.15, 0.2) is 0 Å². The smallest absolute Gasteiger partial charge is 0.354 e. The van der Waals surface area contributed by atoms with E-state index in [4.69, 9.17) is 11.6 Å². The van der Waals surface area contributed by atoms with Gasteiger partial charge in [0.05, 0.1) is 30.4 Å². The third-order valence-corrected chi connectivity index (χ3v) is 7.41. The number of rotatable bonds is 10. The van der Waals surface area contributed by atoms with Crippen LogP contribution in [0.25, 0.3) is 6.08 Å². The normalized spacial score (nSPS) is 14.5. The molecule has 1 aromatic carbocycles. The van der Waals surface area contributed by atoms with Crippen LogP contribution in [0.4, 0.5) is 5.95 Å². The van der Waals surface area contributed by atoms with E-state index in [1.54, 1.807) is 23.5 Å². The standard InChI is InChI=1S/C25H28ClN5O4S/c1-3-21-28-19-12-11-18(14-20(19)36-21)27-23-29-24(33)30(13-5-4-6-22(32)35-2)25(34)31(23)15-16-7-9-17(26)10-8-16/h7-12,18H,3-6,13-15H2,1-2H3,(H,27,29,33). The van der Waals surface area contributed by atoms with Crippen LogP contribution >= 0.6 is 22.9 Å². The number of nitrogens with one attached hydrogen (secondary N) is 1. The van der Waals surface area contributed by atoms with Gasteiger partial charge in [-0.25, -0.2) is 19.1 Å². The quantitative estimate of drug-likeness (QED) is 0.316. The van der Waals surface area contributed by atoms with Gasteiger partial charge in [0.25, 0.3) is 0 Å². The Kier molecular flexibility index (Phi) is 8.37. The molecule has 1 N–H and O–H groups in total. The number of aryl methyl sites for hydroxylation is 1. The molecular formula is C25H28ClN5O4S. The third-order valence-electron chi connectivity index (χ3n) is 5.92. The number of halogens is 1. The second kappa shape index (κ2) is 11.7. The monoisotopic (exact) mass is 529 g/mol. The zero-order valence-corrected chi connectivity index (χ0v) is 21.8. The first-order valence-electron chi connectivity index (χ1n) is 11.8. The van der Waals surface area contributed by atoms with Gasteiger partial charge >= 0.3 is 17.3 Å². The second-order valence-electron chi connectivity index (χ2n) is 8.48. The first kappa shape index (κ1) is 25.8. The molecule has 0 saturated heterocycles. The molecule has 0 radical (unpaired) electrons. The SMILES string of the molecule is CCc1nc2c(s1)CC(Nc1nc(=O)n(CCCCC(=O)OC)c(=O)n1Cc1ccc(Cl)cc1)C=C2. The molecule has 0 spiro atoms. The molecule has 1 unspecified atom stereocenters. The van der Waals surface area contributed by atoms with Crippen LogP contribution in [0.2, 0.25) is 5.02 Å². The van der Waals surface area contributed by atoms with Crippen molar-refractivity contribution in [3.8, 4) is 0 Å². The summed E-state index contributed by atoms with van der Waals surface area (Å²) in [6.45, 7) is 2.46. The van der Waals surface area contributed by atoms with Crippen molar-refractivity contribution in [2.75, 3.05) is 12.4 Å². The molecule has 1 atom stereocenters. The van der Waals surface area contributed by atoms with E-state index in [-0.39, 0.29) is 37.5 Å². The number of esters is 1. The summed E-state index contributed by atoms with van der Waals surface area (Å²) in [7, 11) is 1.33. The van der Waals surface area contributed by atoms with Gasteiger partial charge in [0.1, 0.15) is 0 Å². The Morgan fingerprint density at radius 1 is 1.19 bits per heavy atom. The van der Waals surface area contributed by atoms with E-state index in [1.807, 2.05) is 24.3 Å². The van der Waals surface area contributed by atoms with Crippen molar-refractivity contribution in [3.63, 3.8) is 0 Å². The number of hydrogen-bond donors (Lipinski definition) is 1. The summed E-state index contributed by atoms with van der Waals surface area (Å²) < 4.78 is 7.24. The van der Waals surface area contributed by atoms with Gasteiger partial charge < -0.3 is 10.1 Å². The van der Waals surface area contributed by atoms with Crippen LogP contribution in [0, 0.1) is 0 Å². The Morgan fingerprint density at radius 3 is 2.69 bits per heavy atom. The first-order valence-corrected chi connectivity index (χ1v) is 13.0. The average molecular weight is 530 g/mol. The van der Waals surface area contributed by atoms with Crippen LogP contribution in [0.5, 0.6) is 0 Å². The van der Waals surface area contributed by atoms with Crippen molar-refractivity contribution in [2.45, 2.75) is 58.2 Å². The molecule has 11 heteroatoms. The van der Waals surface area contributed by atoms with Gasteiger partial charge in [-0.2, -0.15) is 4.98 Å². The number of thiazole rings is 1. The van der Waals surface area contributed by atoms with Crippen molar-refractivity contribution >= 4 is 40.9 Å². The van der Waals surface area contributed by atoms with Gasteiger partial charge in [0, 0.05) is 29.3 Å². The van der Waals surface area contributed by atoms with E-state index in [0.717, 1.165) is 32.1 Å². The van der Waals surface area contributed by atoms with Crippen LogP contribution in [0.1, 0.15) is 47.3 Å². The number of ether oxygens (including phenoxy) is 1. The predicted molar refractivity (Wildman–Crippen MR) is 141 cm³/mol. The average Bonchev–Trinajstić information content (AvgIpc) is 3.29. The summed E-state index contributed by atoms with van der Waals surface area (Å²) in [6.07, 6.45) is 6.72. The molecule has 2 heterocycles. The van der Waals surface area contributed by atoms with Crippen LogP contribution in [0.15, 0.2) is 39.9 Å². The maximum Gasteiger partial charge on any atom is 0.354 e. The number of carbonyl (C=O) groups excluding carboxylic acids is 1. The van der Waals surface area contributed by atoms with E-state index >= 15 is 0 Å². The summed E-state index contributed by atoms with van der Waals surface area (Å²) in [5, 5.41) is 4.97. The Labute approximate surface area is 217 Å². The van der Waals surface area contributed by atoms with E-state index < -0.39 is 11.4 Å². The fourth-order valence-electron chi connectivity index (χ4n) is 3.97. The van der Waals surface area contributed by atoms with Gasteiger partial charge in [0.2, 0.25) is 5.95 Å². The molecule has 0 saturated carbocycles. The lowest BCUT2D eigenvalue weighted by Gasteiger charge is -2.21. The molecule has 3 aromatic rings. The number of aromatic nitrogens is 4. The van der Waals surface area contributed by atoms with E-state index in [0.29, 0.717) is 24.3 Å². The second-order valence-corrected chi connectivity index (χ2v) is 10.1. The Hall–Kier alpha value is -3.24. The molecule has 190 valence electrons. The van der Waals surface area contributed by atoms with Gasteiger partial charge in [-0.15, -0.1) is 11.3 Å². The number of fused-ring (bicyclic) bond motifs is 1. The van der Waals surface area contributed by atoms with E-state index in [2.05, 4.69) is 26.9 Å². The largest absolute Gasteiger partial charge is 0.469 e. The van der Waals surface area contributed by atoms with Gasteiger partial charge in [-0.3, -0.25) is 9.36 Å². The van der Waals surface area contributed by atoms with Crippen molar-refractivity contribution in [2.24, 2.45) is 0 Å². The summed E-state index contributed by atoms with van der Waals surface area (Å²) in [5.74, 6) is -0.111.